The van der Waals surface area contributed by atoms with Crippen LogP contribution in [0.4, 0.5) is 9.52 Å². The molecule has 1 aromatic carbocycles. The maximum atomic E-state index is 12.9. The predicted molar refractivity (Wildman–Crippen MR) is 96.4 cm³/mol. The van der Waals surface area contributed by atoms with Gasteiger partial charge in [0.15, 0.2) is 5.13 Å². The van der Waals surface area contributed by atoms with E-state index in [1.165, 1.54) is 23.5 Å². The van der Waals surface area contributed by atoms with Gasteiger partial charge in [0.25, 0.3) is 0 Å². The molecule has 2 heterocycles. The van der Waals surface area contributed by atoms with Crippen molar-refractivity contribution < 1.29 is 13.9 Å². The summed E-state index contributed by atoms with van der Waals surface area (Å²) in [6, 6.07) is 6.41. The molecule has 0 spiro atoms. The number of carbonyl (C=O) groups is 1. The fourth-order valence-electron chi connectivity index (χ4n) is 3.03. The van der Waals surface area contributed by atoms with Gasteiger partial charge in [-0.25, -0.2) is 9.37 Å². The number of ether oxygens (including phenoxy) is 1. The van der Waals surface area contributed by atoms with E-state index in [0.29, 0.717) is 18.1 Å². The number of nitrogens with zero attached hydrogens (tertiary/aromatic N) is 2. The zero-order chi connectivity index (χ0) is 17.8. The number of thiazole rings is 1. The van der Waals surface area contributed by atoms with E-state index in [2.05, 4.69) is 15.2 Å². The van der Waals surface area contributed by atoms with E-state index in [0.717, 1.165) is 23.5 Å². The molecule has 2 atom stereocenters. The van der Waals surface area contributed by atoms with Crippen molar-refractivity contribution in [3.05, 3.63) is 46.7 Å². The third-order valence-electron chi connectivity index (χ3n) is 3.95. The number of benzene rings is 1. The molecule has 1 amide bonds. The lowest BCUT2D eigenvalue weighted by Gasteiger charge is -2.34. The molecule has 0 bridgehead atoms. The van der Waals surface area contributed by atoms with Gasteiger partial charge in [0.05, 0.1) is 18.8 Å². The quantitative estimate of drug-likeness (QED) is 0.887. The Morgan fingerprint density at radius 1 is 1.32 bits per heavy atom. The van der Waals surface area contributed by atoms with Crippen LogP contribution in [0.3, 0.4) is 0 Å². The normalized spacial score (nSPS) is 21.2. The molecule has 0 radical (unpaired) electrons. The van der Waals surface area contributed by atoms with Crippen LogP contribution >= 0.6 is 11.3 Å². The standard InChI is InChI=1S/C18H22FN3O2S/c1-12-9-22(10-13(2)24-12)11-17(23)21-18-20-8-16(25-18)7-14-3-5-15(19)6-4-14/h3-6,8,12-13H,7,9-11H2,1-2H3,(H,20,21,23)/t12-,13-/m1/s1. The van der Waals surface area contributed by atoms with Gasteiger partial charge >= 0.3 is 0 Å². The third-order valence-corrected chi connectivity index (χ3v) is 4.87. The van der Waals surface area contributed by atoms with E-state index in [4.69, 9.17) is 4.74 Å². The first-order valence-corrected chi connectivity index (χ1v) is 9.16. The van der Waals surface area contributed by atoms with E-state index < -0.39 is 0 Å². The van der Waals surface area contributed by atoms with Crippen LogP contribution < -0.4 is 5.32 Å². The van der Waals surface area contributed by atoms with Gasteiger partial charge in [-0.15, -0.1) is 11.3 Å². The Morgan fingerprint density at radius 2 is 2.00 bits per heavy atom. The SMILES string of the molecule is C[C@@H]1CN(CC(=O)Nc2ncc(Cc3ccc(F)cc3)s2)C[C@@H](C)O1. The topological polar surface area (TPSA) is 54.5 Å². The number of aromatic nitrogens is 1. The molecule has 25 heavy (non-hydrogen) atoms. The summed E-state index contributed by atoms with van der Waals surface area (Å²) >= 11 is 1.44. The summed E-state index contributed by atoms with van der Waals surface area (Å²) in [5.41, 5.74) is 1.01. The van der Waals surface area contributed by atoms with Crippen molar-refractivity contribution in [3.8, 4) is 0 Å². The molecule has 1 N–H and O–H groups in total. The smallest absolute Gasteiger partial charge is 0.240 e. The predicted octanol–water partition coefficient (Wildman–Crippen LogP) is 2.92. The van der Waals surface area contributed by atoms with Gasteiger partial charge in [-0.2, -0.15) is 0 Å². The number of carbonyl (C=O) groups excluding carboxylic acids is 1. The highest BCUT2D eigenvalue weighted by atomic mass is 32.1. The first-order valence-electron chi connectivity index (χ1n) is 8.35. The molecule has 7 heteroatoms. The van der Waals surface area contributed by atoms with Crippen molar-refractivity contribution in [2.75, 3.05) is 25.0 Å². The molecule has 0 unspecified atom stereocenters. The lowest BCUT2D eigenvalue weighted by molar-refractivity contribution is -0.121. The van der Waals surface area contributed by atoms with Crippen LogP contribution in [0, 0.1) is 5.82 Å². The summed E-state index contributed by atoms with van der Waals surface area (Å²) in [4.78, 5) is 19.6. The average Bonchev–Trinajstić information content (AvgIpc) is 2.95. The second kappa shape index (κ2) is 8.03. The number of anilines is 1. The Kier molecular flexibility index (Phi) is 5.78. The monoisotopic (exact) mass is 363 g/mol. The second-order valence-electron chi connectivity index (χ2n) is 6.43. The van der Waals surface area contributed by atoms with Crippen LogP contribution in [0.25, 0.3) is 0 Å². The minimum Gasteiger partial charge on any atom is -0.373 e. The van der Waals surface area contributed by atoms with Gasteiger partial charge in [0, 0.05) is 30.6 Å². The van der Waals surface area contributed by atoms with Gasteiger partial charge in [-0.1, -0.05) is 12.1 Å². The van der Waals surface area contributed by atoms with Crippen LogP contribution in [0.1, 0.15) is 24.3 Å². The lowest BCUT2D eigenvalue weighted by atomic mass is 10.1. The molecule has 3 rings (SSSR count). The number of hydrogen-bond donors (Lipinski definition) is 1. The third kappa shape index (κ3) is 5.32. The zero-order valence-corrected chi connectivity index (χ0v) is 15.2. The van der Waals surface area contributed by atoms with Crippen LogP contribution in [-0.2, 0) is 16.0 Å². The molecule has 1 aliphatic rings. The van der Waals surface area contributed by atoms with E-state index in [9.17, 15) is 9.18 Å². The van der Waals surface area contributed by atoms with Crippen molar-refractivity contribution in [1.29, 1.82) is 0 Å². The fourth-order valence-corrected chi connectivity index (χ4v) is 3.89. The summed E-state index contributed by atoms with van der Waals surface area (Å²) in [6.45, 7) is 5.88. The van der Waals surface area contributed by atoms with Crippen LogP contribution in [-0.4, -0.2) is 47.6 Å². The van der Waals surface area contributed by atoms with Crippen LogP contribution in [0.15, 0.2) is 30.5 Å². The minimum atomic E-state index is -0.243. The Labute approximate surface area is 150 Å². The first kappa shape index (κ1) is 18.0. The van der Waals surface area contributed by atoms with E-state index in [1.54, 1.807) is 18.3 Å². The number of rotatable bonds is 5. The molecule has 2 aromatic rings. The zero-order valence-electron chi connectivity index (χ0n) is 14.4. The lowest BCUT2D eigenvalue weighted by Crippen LogP contribution is -2.48. The number of amides is 1. The molecular weight excluding hydrogens is 341 g/mol. The van der Waals surface area contributed by atoms with Gasteiger partial charge in [-0.3, -0.25) is 9.69 Å². The first-order chi connectivity index (χ1) is 12.0. The fraction of sp³-hybridized carbons (Fsp3) is 0.444. The second-order valence-corrected chi connectivity index (χ2v) is 7.55. The number of hydrogen-bond acceptors (Lipinski definition) is 5. The number of morpholine rings is 1. The summed E-state index contributed by atoms with van der Waals surface area (Å²) in [5.74, 6) is -0.309. The molecule has 1 aliphatic heterocycles. The van der Waals surface area contributed by atoms with E-state index >= 15 is 0 Å². The summed E-state index contributed by atoms with van der Waals surface area (Å²) in [6.07, 6.45) is 2.70. The molecule has 0 saturated carbocycles. The van der Waals surface area contributed by atoms with Gasteiger partial charge in [0.1, 0.15) is 5.82 Å². The van der Waals surface area contributed by atoms with E-state index in [1.807, 2.05) is 13.8 Å². The highest BCUT2D eigenvalue weighted by Crippen LogP contribution is 2.21. The Morgan fingerprint density at radius 3 is 2.68 bits per heavy atom. The van der Waals surface area contributed by atoms with Gasteiger partial charge < -0.3 is 10.1 Å². The highest BCUT2D eigenvalue weighted by Gasteiger charge is 2.23. The van der Waals surface area contributed by atoms with Crippen LogP contribution in [0.2, 0.25) is 0 Å². The maximum Gasteiger partial charge on any atom is 0.240 e. The number of halogens is 1. The molecule has 1 fully saturated rings. The van der Waals surface area contributed by atoms with Crippen molar-refractivity contribution in [2.24, 2.45) is 0 Å². The minimum absolute atomic E-state index is 0.0658. The highest BCUT2D eigenvalue weighted by molar-refractivity contribution is 7.15. The Balaban J connectivity index is 1.52. The Hall–Kier alpha value is -1.83. The van der Waals surface area contributed by atoms with Crippen molar-refractivity contribution in [3.63, 3.8) is 0 Å². The summed E-state index contributed by atoms with van der Waals surface area (Å²) < 4.78 is 18.6. The molecule has 1 aromatic heterocycles. The molecular formula is C18H22FN3O2S. The maximum absolute atomic E-state index is 12.9. The average molecular weight is 363 g/mol. The molecule has 1 saturated heterocycles. The number of nitrogens with one attached hydrogen (secondary N) is 1. The largest absolute Gasteiger partial charge is 0.373 e. The summed E-state index contributed by atoms with van der Waals surface area (Å²) in [5, 5.41) is 3.45. The van der Waals surface area contributed by atoms with Crippen molar-refractivity contribution >= 4 is 22.4 Å². The molecule has 0 aliphatic carbocycles. The van der Waals surface area contributed by atoms with Crippen LogP contribution in [0.5, 0.6) is 0 Å². The van der Waals surface area contributed by atoms with Gasteiger partial charge in [-0.05, 0) is 31.5 Å². The van der Waals surface area contributed by atoms with Crippen molar-refractivity contribution in [2.45, 2.75) is 32.5 Å². The molecule has 134 valence electrons. The van der Waals surface area contributed by atoms with E-state index in [-0.39, 0.29) is 23.9 Å². The van der Waals surface area contributed by atoms with Gasteiger partial charge in [0.2, 0.25) is 5.91 Å². The molecule has 5 nitrogen and oxygen atoms in total. The van der Waals surface area contributed by atoms with Crippen molar-refractivity contribution in [1.82, 2.24) is 9.88 Å². The Bertz CT molecular complexity index is 709. The summed E-state index contributed by atoms with van der Waals surface area (Å²) in [7, 11) is 0.